The van der Waals surface area contributed by atoms with Gasteiger partial charge >= 0.3 is 0 Å². The third kappa shape index (κ3) is 6.61. The Kier molecular flexibility index (Phi) is 7.88. The van der Waals surface area contributed by atoms with E-state index in [9.17, 15) is 15.2 Å². The zero-order chi connectivity index (χ0) is 22.9. The van der Waals surface area contributed by atoms with Crippen molar-refractivity contribution < 1.29 is 10.0 Å². The van der Waals surface area contributed by atoms with Crippen molar-refractivity contribution in [3.63, 3.8) is 0 Å². The predicted molar refractivity (Wildman–Crippen MR) is 124 cm³/mol. The first kappa shape index (κ1) is 22.9. The molecular weight excluding hydrogens is 406 g/mol. The summed E-state index contributed by atoms with van der Waals surface area (Å²) in [5.74, 6) is 0. The minimum Gasteiger partial charge on any atom is -0.393 e. The van der Waals surface area contributed by atoms with E-state index in [0.29, 0.717) is 17.1 Å². The number of aliphatic hydroxyl groups excluding tert-OH is 1. The molecular formula is C24H25N5O3. The molecule has 0 aliphatic heterocycles. The minimum absolute atomic E-state index is 0.0128. The first-order valence-electron chi connectivity index (χ1n) is 10.4. The quantitative estimate of drug-likeness (QED) is 0.216. The minimum atomic E-state index is -0.455. The molecule has 3 aromatic carbocycles. The van der Waals surface area contributed by atoms with Crippen LogP contribution in [0.1, 0.15) is 30.9 Å². The Morgan fingerprint density at radius 3 is 1.91 bits per heavy atom. The van der Waals surface area contributed by atoms with Crippen LogP contribution in [-0.2, 0) is 6.42 Å². The number of rotatable bonds is 9. The highest BCUT2D eigenvalue weighted by Crippen LogP contribution is 2.26. The van der Waals surface area contributed by atoms with Gasteiger partial charge in [-0.05, 0) is 79.8 Å². The second-order valence-electron chi connectivity index (χ2n) is 7.41. The Morgan fingerprint density at radius 1 is 0.875 bits per heavy atom. The number of non-ortho nitro benzene ring substituents is 1. The molecule has 1 atom stereocenters. The first-order valence-corrected chi connectivity index (χ1v) is 10.4. The van der Waals surface area contributed by atoms with Crippen LogP contribution in [0, 0.1) is 17.0 Å². The van der Waals surface area contributed by atoms with E-state index in [1.54, 1.807) is 36.4 Å². The van der Waals surface area contributed by atoms with Gasteiger partial charge in [0.25, 0.3) is 5.69 Å². The number of hydrogen-bond acceptors (Lipinski definition) is 7. The molecule has 8 nitrogen and oxygen atoms in total. The first-order chi connectivity index (χ1) is 15.4. The molecule has 8 heteroatoms. The highest BCUT2D eigenvalue weighted by molar-refractivity contribution is 5.50. The zero-order valence-electron chi connectivity index (χ0n) is 18.0. The maximum atomic E-state index is 10.7. The van der Waals surface area contributed by atoms with Crippen LogP contribution in [0.5, 0.6) is 0 Å². The Hall–Kier alpha value is -3.78. The van der Waals surface area contributed by atoms with E-state index in [2.05, 4.69) is 26.5 Å². The summed E-state index contributed by atoms with van der Waals surface area (Å²) in [4.78, 5) is 10.2. The Balaban J connectivity index is 1.60. The molecule has 1 N–H and O–H groups in total. The Morgan fingerprint density at radius 2 is 1.41 bits per heavy atom. The SMILES string of the molecule is CCC(O)CCc1ccc(N=Nc2ccc(/N=N/c3ccc([N+](=O)[O-])cc3)cc2)c(C)c1. The van der Waals surface area contributed by atoms with Gasteiger partial charge in [0.05, 0.1) is 33.8 Å². The summed E-state index contributed by atoms with van der Waals surface area (Å²) >= 11 is 0. The Labute approximate surface area is 186 Å². The van der Waals surface area contributed by atoms with Gasteiger partial charge in [-0.1, -0.05) is 19.1 Å². The molecule has 0 bridgehead atoms. The number of aryl methyl sites for hydroxylation is 2. The molecule has 0 aromatic heterocycles. The van der Waals surface area contributed by atoms with Crippen LogP contribution in [-0.4, -0.2) is 16.1 Å². The van der Waals surface area contributed by atoms with Crippen molar-refractivity contribution in [2.45, 2.75) is 39.2 Å². The van der Waals surface area contributed by atoms with E-state index in [0.717, 1.165) is 30.5 Å². The van der Waals surface area contributed by atoms with Gasteiger partial charge in [-0.25, -0.2) is 0 Å². The second-order valence-corrected chi connectivity index (χ2v) is 7.41. The zero-order valence-corrected chi connectivity index (χ0v) is 18.0. The van der Waals surface area contributed by atoms with Gasteiger partial charge in [0.1, 0.15) is 0 Å². The molecule has 164 valence electrons. The summed E-state index contributed by atoms with van der Waals surface area (Å²) in [5.41, 5.74) is 4.88. The average molecular weight is 431 g/mol. The predicted octanol–water partition coefficient (Wildman–Crippen LogP) is 7.44. The number of aliphatic hydroxyl groups is 1. The van der Waals surface area contributed by atoms with Crippen LogP contribution in [0.15, 0.2) is 87.2 Å². The lowest BCUT2D eigenvalue weighted by Gasteiger charge is -2.08. The maximum absolute atomic E-state index is 10.7. The van der Waals surface area contributed by atoms with Gasteiger partial charge < -0.3 is 5.11 Å². The molecule has 0 aliphatic carbocycles. The fourth-order valence-electron chi connectivity index (χ4n) is 2.98. The van der Waals surface area contributed by atoms with Gasteiger partial charge in [0, 0.05) is 12.1 Å². The van der Waals surface area contributed by atoms with E-state index >= 15 is 0 Å². The van der Waals surface area contributed by atoms with Crippen molar-refractivity contribution >= 4 is 28.4 Å². The smallest absolute Gasteiger partial charge is 0.269 e. The molecule has 3 rings (SSSR count). The highest BCUT2D eigenvalue weighted by Gasteiger charge is 2.05. The van der Waals surface area contributed by atoms with Crippen LogP contribution >= 0.6 is 0 Å². The molecule has 0 amide bonds. The number of hydrogen-bond donors (Lipinski definition) is 1. The number of nitrogens with zero attached hydrogens (tertiary/aromatic N) is 5. The monoisotopic (exact) mass is 431 g/mol. The van der Waals surface area contributed by atoms with Crippen molar-refractivity contribution in [3.8, 4) is 0 Å². The normalized spacial score (nSPS) is 12.5. The summed E-state index contributed by atoms with van der Waals surface area (Å²) in [7, 11) is 0. The second kappa shape index (κ2) is 11.0. The molecule has 0 saturated heterocycles. The summed E-state index contributed by atoms with van der Waals surface area (Å²) in [6, 6.07) is 19.1. The number of azo groups is 2. The molecule has 0 fully saturated rings. The molecule has 32 heavy (non-hydrogen) atoms. The lowest BCUT2D eigenvalue weighted by molar-refractivity contribution is -0.384. The third-order valence-corrected chi connectivity index (χ3v) is 4.96. The van der Waals surface area contributed by atoms with E-state index < -0.39 is 4.92 Å². The van der Waals surface area contributed by atoms with Crippen LogP contribution in [0.25, 0.3) is 0 Å². The molecule has 3 aromatic rings. The summed E-state index contributed by atoms with van der Waals surface area (Å²) in [6.07, 6.45) is 2.10. The van der Waals surface area contributed by atoms with Gasteiger partial charge in [0.2, 0.25) is 0 Å². The molecule has 0 spiro atoms. The third-order valence-electron chi connectivity index (χ3n) is 4.96. The van der Waals surface area contributed by atoms with Crippen LogP contribution in [0.2, 0.25) is 0 Å². The van der Waals surface area contributed by atoms with E-state index in [1.165, 1.54) is 17.7 Å². The lowest BCUT2D eigenvalue weighted by Crippen LogP contribution is -2.05. The standard InChI is InChI=1S/C24H25N5O3/c1-3-23(30)14-4-18-5-15-24(17(2)16-18)28-27-20-8-6-19(7-9-20)25-26-21-10-12-22(13-11-21)29(31)32/h5-13,15-16,23,30H,3-4,14H2,1-2H3/b26-25+,28-27?. The number of benzene rings is 3. The van der Waals surface area contributed by atoms with Gasteiger partial charge in [0.15, 0.2) is 0 Å². The van der Waals surface area contributed by atoms with Crippen molar-refractivity contribution in [3.05, 3.63) is 88.0 Å². The molecule has 0 heterocycles. The molecule has 0 radical (unpaired) electrons. The van der Waals surface area contributed by atoms with Gasteiger partial charge in [-0.15, -0.1) is 0 Å². The average Bonchev–Trinajstić information content (AvgIpc) is 2.81. The van der Waals surface area contributed by atoms with E-state index in [4.69, 9.17) is 0 Å². The van der Waals surface area contributed by atoms with Crippen LogP contribution in [0.3, 0.4) is 0 Å². The van der Waals surface area contributed by atoms with Crippen molar-refractivity contribution in [1.82, 2.24) is 0 Å². The molecule has 0 aliphatic rings. The van der Waals surface area contributed by atoms with Crippen molar-refractivity contribution in [2.75, 3.05) is 0 Å². The van der Waals surface area contributed by atoms with Gasteiger partial charge in [-0.3, -0.25) is 10.1 Å². The molecule has 0 saturated carbocycles. The Bertz CT molecular complexity index is 1110. The molecule has 1 unspecified atom stereocenters. The number of nitro groups is 1. The van der Waals surface area contributed by atoms with E-state index in [1.807, 2.05) is 26.0 Å². The maximum Gasteiger partial charge on any atom is 0.269 e. The van der Waals surface area contributed by atoms with Crippen molar-refractivity contribution in [2.24, 2.45) is 20.5 Å². The largest absolute Gasteiger partial charge is 0.393 e. The van der Waals surface area contributed by atoms with Crippen LogP contribution < -0.4 is 0 Å². The summed E-state index contributed by atoms with van der Waals surface area (Å²) < 4.78 is 0. The fourth-order valence-corrected chi connectivity index (χ4v) is 2.98. The number of nitro benzene ring substituents is 1. The van der Waals surface area contributed by atoms with E-state index in [-0.39, 0.29) is 11.8 Å². The highest BCUT2D eigenvalue weighted by atomic mass is 16.6. The topological polar surface area (TPSA) is 113 Å². The van der Waals surface area contributed by atoms with Crippen LogP contribution in [0.4, 0.5) is 28.4 Å². The lowest BCUT2D eigenvalue weighted by atomic mass is 10.0. The fraction of sp³-hybridized carbons (Fsp3) is 0.250. The van der Waals surface area contributed by atoms with Gasteiger partial charge in [-0.2, -0.15) is 20.5 Å². The van der Waals surface area contributed by atoms with Crippen molar-refractivity contribution in [1.29, 1.82) is 0 Å². The summed E-state index contributed by atoms with van der Waals surface area (Å²) in [6.45, 7) is 3.98. The summed E-state index contributed by atoms with van der Waals surface area (Å²) in [5, 5.41) is 37.3.